The summed E-state index contributed by atoms with van der Waals surface area (Å²) in [5.41, 5.74) is 3.23. The van der Waals surface area contributed by atoms with Crippen molar-refractivity contribution in [2.45, 2.75) is 50.2 Å². The van der Waals surface area contributed by atoms with Gasteiger partial charge in [-0.1, -0.05) is 12.1 Å². The number of rotatable bonds is 3. The average Bonchev–Trinajstić information content (AvgIpc) is 3.69. The molecule has 1 aromatic heterocycles. The third kappa shape index (κ3) is 5.84. The van der Waals surface area contributed by atoms with Gasteiger partial charge in [0.25, 0.3) is 5.91 Å². The Bertz CT molecular complexity index is 1540. The van der Waals surface area contributed by atoms with Crippen molar-refractivity contribution in [1.29, 1.82) is 0 Å². The highest BCUT2D eigenvalue weighted by molar-refractivity contribution is 6.00. The van der Waals surface area contributed by atoms with E-state index in [1.807, 2.05) is 43.6 Å². The number of piperazine rings is 1. The normalized spacial score (nSPS) is 25.8. The number of ether oxygens (including phenoxy) is 4. The number of nitrogens with one attached hydrogen (secondary N) is 1. The summed E-state index contributed by atoms with van der Waals surface area (Å²) in [5.74, 6) is 1.35. The molecule has 12 nitrogen and oxygen atoms in total. The topological polar surface area (TPSA) is 128 Å². The van der Waals surface area contributed by atoms with E-state index in [2.05, 4.69) is 15.3 Å². The summed E-state index contributed by atoms with van der Waals surface area (Å²) < 4.78 is 25.2. The highest BCUT2D eigenvalue weighted by Gasteiger charge is 2.38. The summed E-state index contributed by atoms with van der Waals surface area (Å²) in [6.45, 7) is 2.59. The lowest BCUT2D eigenvalue weighted by atomic mass is 9.98. The minimum absolute atomic E-state index is 0.118. The van der Waals surface area contributed by atoms with Crippen LogP contribution in [-0.2, 0) is 23.1 Å². The Morgan fingerprint density at radius 2 is 1.86 bits per heavy atom. The molecule has 2 N–H and O–H groups in total. The molecule has 7 rings (SSSR count). The van der Waals surface area contributed by atoms with Gasteiger partial charge in [0, 0.05) is 58.0 Å². The van der Waals surface area contributed by atoms with Gasteiger partial charge in [-0.05, 0) is 48.2 Å². The first-order valence-corrected chi connectivity index (χ1v) is 15.2. The van der Waals surface area contributed by atoms with Crippen LogP contribution in [0, 0.1) is 0 Å². The SMILES string of the molecule is Cn1cc(-c2ccc3c(c2)OCC[C@@H]2CC[C@H](O)[C@@H](CNC(=O)[C@@H]4CN(Cc5ccc6c(c5)OCO6)CCN4C3=O)O2)cn1. The van der Waals surface area contributed by atoms with Crippen LogP contribution in [0.5, 0.6) is 17.2 Å². The van der Waals surface area contributed by atoms with Gasteiger partial charge in [-0.15, -0.1) is 0 Å². The van der Waals surface area contributed by atoms with Crippen LogP contribution in [0.1, 0.15) is 35.2 Å². The first-order chi connectivity index (χ1) is 21.4. The summed E-state index contributed by atoms with van der Waals surface area (Å²) in [7, 11) is 1.86. The molecular weight excluding hydrogens is 566 g/mol. The second-order valence-corrected chi connectivity index (χ2v) is 11.9. The zero-order chi connectivity index (χ0) is 30.2. The summed E-state index contributed by atoms with van der Waals surface area (Å²) in [5, 5.41) is 17.9. The fourth-order valence-corrected chi connectivity index (χ4v) is 6.44. The van der Waals surface area contributed by atoms with Gasteiger partial charge < -0.3 is 34.3 Å². The number of carbonyl (C=O) groups excluding carboxylic acids is 2. The summed E-state index contributed by atoms with van der Waals surface area (Å²) in [6, 6.07) is 10.6. The molecule has 44 heavy (non-hydrogen) atoms. The van der Waals surface area contributed by atoms with Gasteiger partial charge >= 0.3 is 0 Å². The Hall–Kier alpha value is -4.13. The molecule has 2 fully saturated rings. The van der Waals surface area contributed by atoms with E-state index in [1.165, 1.54) is 0 Å². The number of nitrogens with zero attached hydrogens (tertiary/aromatic N) is 4. The first kappa shape index (κ1) is 28.6. The quantitative estimate of drug-likeness (QED) is 0.462. The van der Waals surface area contributed by atoms with Gasteiger partial charge in [-0.25, -0.2) is 0 Å². The number of aromatic nitrogens is 2. The van der Waals surface area contributed by atoms with Crippen molar-refractivity contribution in [2.24, 2.45) is 7.05 Å². The molecule has 0 saturated carbocycles. The van der Waals surface area contributed by atoms with Gasteiger partial charge in [-0.2, -0.15) is 5.10 Å². The molecule has 2 saturated heterocycles. The minimum atomic E-state index is -0.754. The third-order valence-corrected chi connectivity index (χ3v) is 8.88. The van der Waals surface area contributed by atoms with Crippen LogP contribution in [-0.4, -0.2) is 100 Å². The molecule has 5 heterocycles. The van der Waals surface area contributed by atoms with Crippen molar-refractivity contribution in [3.8, 4) is 28.4 Å². The number of aliphatic hydroxyl groups excluding tert-OH is 1. The maximum Gasteiger partial charge on any atom is 0.258 e. The van der Waals surface area contributed by atoms with E-state index in [4.69, 9.17) is 18.9 Å². The fraction of sp³-hybridized carbons (Fsp3) is 0.469. The van der Waals surface area contributed by atoms with Gasteiger partial charge in [-0.3, -0.25) is 19.2 Å². The predicted molar refractivity (Wildman–Crippen MR) is 158 cm³/mol. The second-order valence-electron chi connectivity index (χ2n) is 11.9. The second kappa shape index (κ2) is 12.1. The Kier molecular flexibility index (Phi) is 7.87. The van der Waals surface area contributed by atoms with E-state index in [0.717, 1.165) is 22.4 Å². The van der Waals surface area contributed by atoms with Crippen molar-refractivity contribution in [2.75, 3.05) is 39.6 Å². The van der Waals surface area contributed by atoms with Crippen LogP contribution in [0.2, 0.25) is 0 Å². The number of amides is 2. The molecule has 0 aliphatic carbocycles. The molecule has 2 amide bonds. The Balaban J connectivity index is 1.18. The van der Waals surface area contributed by atoms with Gasteiger partial charge in [0.05, 0.1) is 30.6 Å². The van der Waals surface area contributed by atoms with Gasteiger partial charge in [0.15, 0.2) is 11.5 Å². The number of carbonyl (C=O) groups is 2. The standard InChI is InChI=1S/C32H37N5O7/c1-35-17-22(14-34-35)21-3-5-24-28(13-21)41-11-8-23-4-6-26(38)30(44-23)15-33-31(39)25-18-36(9-10-37(25)32(24)40)16-20-2-7-27-29(12-20)43-19-42-27/h2-3,5,7,12-14,17,23,25-26,30,38H,4,6,8-11,15-16,18-19H2,1H3,(H,33,39)/t23-,25-,26-,30+/m0/s1. The third-order valence-electron chi connectivity index (χ3n) is 8.88. The Morgan fingerprint density at radius 1 is 0.977 bits per heavy atom. The van der Waals surface area contributed by atoms with Crippen molar-refractivity contribution < 1.29 is 33.6 Å². The zero-order valence-electron chi connectivity index (χ0n) is 24.7. The van der Waals surface area contributed by atoms with Crippen LogP contribution >= 0.6 is 0 Å². The summed E-state index contributed by atoms with van der Waals surface area (Å²) >= 11 is 0. The van der Waals surface area contributed by atoms with Crippen LogP contribution in [0.4, 0.5) is 0 Å². The monoisotopic (exact) mass is 603 g/mol. The molecule has 0 unspecified atom stereocenters. The molecule has 4 aliphatic heterocycles. The number of aryl methyl sites for hydroxylation is 1. The molecule has 2 bridgehead atoms. The molecule has 0 spiro atoms. The number of aliphatic hydroxyl groups is 1. The number of benzene rings is 2. The lowest BCUT2D eigenvalue weighted by Crippen LogP contribution is -2.61. The smallest absolute Gasteiger partial charge is 0.258 e. The van der Waals surface area contributed by atoms with Crippen molar-refractivity contribution in [1.82, 2.24) is 24.9 Å². The van der Waals surface area contributed by atoms with Crippen molar-refractivity contribution in [3.05, 3.63) is 59.9 Å². The maximum atomic E-state index is 14.2. The van der Waals surface area contributed by atoms with Crippen molar-refractivity contribution >= 4 is 11.8 Å². The molecule has 12 heteroatoms. The van der Waals surface area contributed by atoms with E-state index < -0.39 is 18.2 Å². The molecule has 0 radical (unpaired) electrons. The minimum Gasteiger partial charge on any atom is -0.493 e. The van der Waals surface area contributed by atoms with Crippen LogP contribution in [0.15, 0.2) is 48.8 Å². The molecule has 3 aromatic rings. The maximum absolute atomic E-state index is 14.2. The van der Waals surface area contributed by atoms with Crippen molar-refractivity contribution in [3.63, 3.8) is 0 Å². The summed E-state index contributed by atoms with van der Waals surface area (Å²) in [4.78, 5) is 31.8. The van der Waals surface area contributed by atoms with E-state index in [1.54, 1.807) is 21.8 Å². The first-order valence-electron chi connectivity index (χ1n) is 15.2. The lowest BCUT2D eigenvalue weighted by Gasteiger charge is -2.41. The van der Waals surface area contributed by atoms with E-state index in [-0.39, 0.29) is 31.3 Å². The Labute approximate surface area is 255 Å². The molecule has 4 aliphatic rings. The van der Waals surface area contributed by atoms with Gasteiger partial charge in [0.1, 0.15) is 17.9 Å². The fourth-order valence-electron chi connectivity index (χ4n) is 6.44. The highest BCUT2D eigenvalue weighted by Crippen LogP contribution is 2.34. The summed E-state index contributed by atoms with van der Waals surface area (Å²) in [6.07, 6.45) is 4.25. The number of fused-ring (bicyclic) bond motifs is 5. The van der Waals surface area contributed by atoms with Crippen LogP contribution < -0.4 is 19.5 Å². The predicted octanol–water partition coefficient (Wildman–Crippen LogP) is 1.95. The molecule has 232 valence electrons. The van der Waals surface area contributed by atoms with Crippen LogP contribution in [0.25, 0.3) is 11.1 Å². The molecule has 4 atom stereocenters. The zero-order valence-corrected chi connectivity index (χ0v) is 24.7. The van der Waals surface area contributed by atoms with E-state index in [9.17, 15) is 14.7 Å². The van der Waals surface area contributed by atoms with E-state index in [0.29, 0.717) is 69.1 Å². The van der Waals surface area contributed by atoms with Gasteiger partial charge in [0.2, 0.25) is 12.7 Å². The largest absolute Gasteiger partial charge is 0.493 e. The highest BCUT2D eigenvalue weighted by atomic mass is 16.7. The average molecular weight is 604 g/mol. The molecular formula is C32H37N5O7. The molecule has 2 aromatic carbocycles. The Morgan fingerprint density at radius 3 is 2.73 bits per heavy atom. The lowest BCUT2D eigenvalue weighted by molar-refractivity contribution is -0.135. The number of hydrogen-bond acceptors (Lipinski definition) is 9. The van der Waals surface area contributed by atoms with E-state index >= 15 is 0 Å². The number of hydrogen-bond donors (Lipinski definition) is 2. The van der Waals surface area contributed by atoms with Crippen LogP contribution in [0.3, 0.4) is 0 Å².